The molecular formula is C14H17FN4O2. The van der Waals surface area contributed by atoms with Crippen LogP contribution in [0.3, 0.4) is 0 Å². The summed E-state index contributed by atoms with van der Waals surface area (Å²) >= 11 is 0. The van der Waals surface area contributed by atoms with E-state index in [2.05, 4.69) is 15.4 Å². The van der Waals surface area contributed by atoms with Crippen molar-refractivity contribution in [2.45, 2.75) is 25.7 Å². The summed E-state index contributed by atoms with van der Waals surface area (Å²) < 4.78 is 26.6. The van der Waals surface area contributed by atoms with Crippen molar-refractivity contribution in [3.8, 4) is 5.69 Å². The molecule has 0 spiro atoms. The lowest BCUT2D eigenvalue weighted by Gasteiger charge is -2.35. The first-order valence-corrected chi connectivity index (χ1v) is 6.72. The topological polar surface area (TPSA) is 61.2 Å². The molecule has 1 N–H and O–H groups in total. The molecule has 2 heterocycles. The zero-order chi connectivity index (χ0) is 14.9. The number of hydrogen-bond acceptors (Lipinski definition) is 5. The number of nitrogens with one attached hydrogen (secondary N) is 1. The Labute approximate surface area is 121 Å². The van der Waals surface area contributed by atoms with Gasteiger partial charge in [0, 0.05) is 5.69 Å². The highest BCUT2D eigenvalue weighted by molar-refractivity contribution is 5.50. The predicted molar refractivity (Wildman–Crippen MR) is 74.7 cm³/mol. The maximum Gasteiger partial charge on any atom is 0.162 e. The van der Waals surface area contributed by atoms with Gasteiger partial charge < -0.3 is 14.8 Å². The van der Waals surface area contributed by atoms with Gasteiger partial charge in [0.25, 0.3) is 0 Å². The van der Waals surface area contributed by atoms with Gasteiger partial charge >= 0.3 is 0 Å². The van der Waals surface area contributed by atoms with E-state index in [4.69, 9.17) is 9.47 Å². The van der Waals surface area contributed by atoms with Crippen molar-refractivity contribution in [2.75, 3.05) is 18.5 Å². The Hall–Kier alpha value is -1.99. The summed E-state index contributed by atoms with van der Waals surface area (Å²) in [5, 5.41) is 7.11. The molecule has 2 aromatic rings. The van der Waals surface area contributed by atoms with Gasteiger partial charge in [-0.05, 0) is 32.0 Å². The number of halogens is 1. The van der Waals surface area contributed by atoms with Crippen LogP contribution in [0, 0.1) is 5.82 Å². The molecular weight excluding hydrogens is 275 g/mol. The standard InChI is InChI=1S/C14H17FN4O2/c1-14(2)20-6-11(7-21-14)18-10-3-4-13(12(15)5-10)19-9-16-8-17-19/h3-5,8-9,11,18H,6-7H2,1-2H3. The minimum atomic E-state index is -0.555. The van der Waals surface area contributed by atoms with Crippen LogP contribution in [0.5, 0.6) is 0 Å². The molecule has 0 saturated carbocycles. The van der Waals surface area contributed by atoms with Gasteiger partial charge in [0.15, 0.2) is 11.6 Å². The molecule has 21 heavy (non-hydrogen) atoms. The summed E-state index contributed by atoms with van der Waals surface area (Å²) in [4.78, 5) is 3.81. The average molecular weight is 292 g/mol. The molecule has 1 aromatic heterocycles. The van der Waals surface area contributed by atoms with Crippen LogP contribution in [0.25, 0.3) is 5.69 Å². The lowest BCUT2D eigenvalue weighted by Crippen LogP contribution is -2.45. The molecule has 1 aromatic carbocycles. The van der Waals surface area contributed by atoms with Crippen LogP contribution < -0.4 is 5.32 Å². The second-order valence-corrected chi connectivity index (χ2v) is 5.37. The Morgan fingerprint density at radius 2 is 2.10 bits per heavy atom. The van der Waals surface area contributed by atoms with E-state index >= 15 is 0 Å². The molecule has 1 saturated heterocycles. The largest absolute Gasteiger partial charge is 0.378 e. The summed E-state index contributed by atoms with van der Waals surface area (Å²) in [6, 6.07) is 4.87. The van der Waals surface area contributed by atoms with Gasteiger partial charge in [-0.2, -0.15) is 5.10 Å². The van der Waals surface area contributed by atoms with Crippen molar-refractivity contribution < 1.29 is 13.9 Å². The molecule has 0 aliphatic carbocycles. The quantitative estimate of drug-likeness (QED) is 0.937. The van der Waals surface area contributed by atoms with E-state index in [1.54, 1.807) is 12.1 Å². The van der Waals surface area contributed by atoms with Gasteiger partial charge in [0.1, 0.15) is 18.3 Å². The minimum Gasteiger partial charge on any atom is -0.378 e. The Morgan fingerprint density at radius 3 is 2.71 bits per heavy atom. The zero-order valence-corrected chi connectivity index (χ0v) is 11.9. The maximum atomic E-state index is 14.1. The van der Waals surface area contributed by atoms with Crippen LogP contribution in [-0.4, -0.2) is 39.8 Å². The Balaban J connectivity index is 1.69. The van der Waals surface area contributed by atoms with Crippen LogP contribution in [0.4, 0.5) is 10.1 Å². The molecule has 0 atom stereocenters. The van der Waals surface area contributed by atoms with Crippen LogP contribution in [0.1, 0.15) is 13.8 Å². The smallest absolute Gasteiger partial charge is 0.162 e. The number of benzene rings is 1. The van der Waals surface area contributed by atoms with Gasteiger partial charge in [-0.3, -0.25) is 0 Å². The van der Waals surface area contributed by atoms with Gasteiger partial charge in [-0.15, -0.1) is 0 Å². The van der Waals surface area contributed by atoms with Gasteiger partial charge in [-0.25, -0.2) is 14.1 Å². The van der Waals surface area contributed by atoms with Crippen LogP contribution in [0.2, 0.25) is 0 Å². The fraction of sp³-hybridized carbons (Fsp3) is 0.429. The molecule has 0 amide bonds. The fourth-order valence-electron chi connectivity index (χ4n) is 2.13. The van der Waals surface area contributed by atoms with E-state index in [0.717, 1.165) is 0 Å². The summed E-state index contributed by atoms with van der Waals surface area (Å²) in [7, 11) is 0. The summed E-state index contributed by atoms with van der Waals surface area (Å²) in [5.74, 6) is -0.927. The molecule has 0 bridgehead atoms. The first-order chi connectivity index (χ1) is 10.0. The van der Waals surface area contributed by atoms with Crippen LogP contribution >= 0.6 is 0 Å². The van der Waals surface area contributed by atoms with Crippen molar-refractivity contribution >= 4 is 5.69 Å². The highest BCUT2D eigenvalue weighted by Crippen LogP contribution is 2.21. The molecule has 0 unspecified atom stereocenters. The number of ether oxygens (including phenoxy) is 2. The number of nitrogens with zero attached hydrogens (tertiary/aromatic N) is 3. The molecule has 6 nitrogen and oxygen atoms in total. The minimum absolute atomic E-state index is 0.00496. The van der Waals surface area contributed by atoms with Crippen LogP contribution in [-0.2, 0) is 9.47 Å². The summed E-state index contributed by atoms with van der Waals surface area (Å²) in [6.45, 7) is 4.77. The molecule has 3 rings (SSSR count). The number of anilines is 1. The predicted octanol–water partition coefficient (Wildman–Crippen LogP) is 1.97. The molecule has 112 valence electrons. The number of hydrogen-bond donors (Lipinski definition) is 1. The molecule has 7 heteroatoms. The number of rotatable bonds is 3. The summed E-state index contributed by atoms with van der Waals surface area (Å²) in [6.07, 6.45) is 2.82. The van der Waals surface area contributed by atoms with Crippen LogP contribution in [0.15, 0.2) is 30.9 Å². The SMILES string of the molecule is CC1(C)OCC(Nc2ccc(-n3cncn3)c(F)c2)CO1. The van der Waals surface area contributed by atoms with Crippen molar-refractivity contribution in [1.29, 1.82) is 0 Å². The van der Waals surface area contributed by atoms with Crippen molar-refractivity contribution in [2.24, 2.45) is 0 Å². The van der Waals surface area contributed by atoms with E-state index in [9.17, 15) is 4.39 Å². The van der Waals surface area contributed by atoms with Gasteiger partial charge in [0.05, 0.1) is 19.3 Å². The molecule has 0 radical (unpaired) electrons. The van der Waals surface area contributed by atoms with E-state index in [-0.39, 0.29) is 11.9 Å². The Kier molecular flexibility index (Phi) is 3.60. The van der Waals surface area contributed by atoms with E-state index in [0.29, 0.717) is 24.6 Å². The van der Waals surface area contributed by atoms with E-state index < -0.39 is 5.79 Å². The third-order valence-electron chi connectivity index (χ3n) is 3.25. The molecule has 1 fully saturated rings. The summed E-state index contributed by atoms with van der Waals surface area (Å²) in [5.41, 5.74) is 1.03. The Bertz CT molecular complexity index is 605. The first kappa shape index (κ1) is 14.0. The maximum absolute atomic E-state index is 14.1. The van der Waals surface area contributed by atoms with Crippen molar-refractivity contribution in [3.05, 3.63) is 36.7 Å². The lowest BCUT2D eigenvalue weighted by molar-refractivity contribution is -0.247. The van der Waals surface area contributed by atoms with Crippen molar-refractivity contribution in [3.63, 3.8) is 0 Å². The fourth-order valence-corrected chi connectivity index (χ4v) is 2.13. The number of aromatic nitrogens is 3. The average Bonchev–Trinajstić information content (AvgIpc) is 2.95. The third-order valence-corrected chi connectivity index (χ3v) is 3.25. The zero-order valence-electron chi connectivity index (χ0n) is 11.9. The highest BCUT2D eigenvalue weighted by Gasteiger charge is 2.28. The first-order valence-electron chi connectivity index (χ1n) is 6.72. The van der Waals surface area contributed by atoms with E-state index in [1.807, 2.05) is 13.8 Å². The third kappa shape index (κ3) is 3.20. The molecule has 1 aliphatic heterocycles. The monoisotopic (exact) mass is 292 g/mol. The van der Waals surface area contributed by atoms with Crippen molar-refractivity contribution in [1.82, 2.24) is 14.8 Å². The second kappa shape index (κ2) is 5.42. The second-order valence-electron chi connectivity index (χ2n) is 5.37. The highest BCUT2D eigenvalue weighted by atomic mass is 19.1. The van der Waals surface area contributed by atoms with E-state index in [1.165, 1.54) is 23.4 Å². The van der Waals surface area contributed by atoms with Gasteiger partial charge in [0.2, 0.25) is 0 Å². The van der Waals surface area contributed by atoms with Gasteiger partial charge in [-0.1, -0.05) is 0 Å². The normalized spacial score (nSPS) is 18.6. The Morgan fingerprint density at radius 1 is 1.33 bits per heavy atom. The lowest BCUT2D eigenvalue weighted by atomic mass is 10.2. The molecule has 1 aliphatic rings.